The number of aryl methyl sites for hydroxylation is 1. The highest BCUT2D eigenvalue weighted by atomic mass is 35.5. The van der Waals surface area contributed by atoms with Crippen molar-refractivity contribution in [2.24, 2.45) is 0 Å². The molecule has 2 rings (SSSR count). The van der Waals surface area contributed by atoms with Gasteiger partial charge in [-0.3, -0.25) is 0 Å². The van der Waals surface area contributed by atoms with Crippen LogP contribution in [0.1, 0.15) is 21.9 Å². The normalized spacial score (nSPS) is 10.3. The van der Waals surface area contributed by atoms with Crippen molar-refractivity contribution in [3.05, 3.63) is 52.4 Å². The summed E-state index contributed by atoms with van der Waals surface area (Å²) in [5.41, 5.74) is 0.126. The number of carboxylic acids is 1. The first-order valence-electron chi connectivity index (χ1n) is 5.27. The number of hydrogen-bond acceptors (Lipinski definition) is 3. The van der Waals surface area contributed by atoms with Crippen molar-refractivity contribution in [3.63, 3.8) is 0 Å². The van der Waals surface area contributed by atoms with Crippen LogP contribution in [-0.2, 0) is 6.61 Å². The van der Waals surface area contributed by atoms with Gasteiger partial charge in [0.25, 0.3) is 0 Å². The third-order valence-electron chi connectivity index (χ3n) is 2.34. The molecule has 0 bridgehead atoms. The molecule has 0 aliphatic heterocycles. The molecule has 2 aromatic rings. The van der Waals surface area contributed by atoms with Gasteiger partial charge < -0.3 is 14.3 Å². The molecule has 0 aliphatic rings. The van der Waals surface area contributed by atoms with Gasteiger partial charge in [-0.15, -0.1) is 0 Å². The van der Waals surface area contributed by atoms with Crippen LogP contribution in [0.25, 0.3) is 0 Å². The summed E-state index contributed by atoms with van der Waals surface area (Å²) in [7, 11) is 0. The highest BCUT2D eigenvalue weighted by Gasteiger charge is 2.08. The lowest BCUT2D eigenvalue weighted by Crippen LogP contribution is -1.98. The monoisotopic (exact) mass is 266 g/mol. The van der Waals surface area contributed by atoms with Gasteiger partial charge in [0.05, 0.1) is 10.6 Å². The molecule has 0 saturated carbocycles. The van der Waals surface area contributed by atoms with Crippen LogP contribution in [-0.4, -0.2) is 11.1 Å². The Hall–Kier alpha value is -1.94. The number of benzene rings is 1. The van der Waals surface area contributed by atoms with Gasteiger partial charge in [0.2, 0.25) is 0 Å². The lowest BCUT2D eigenvalue weighted by molar-refractivity contribution is 0.0697. The Balaban J connectivity index is 2.08. The number of hydrogen-bond donors (Lipinski definition) is 1. The first-order valence-corrected chi connectivity index (χ1v) is 5.65. The van der Waals surface area contributed by atoms with Gasteiger partial charge in [0.1, 0.15) is 23.9 Å². The van der Waals surface area contributed by atoms with Crippen molar-refractivity contribution < 1.29 is 19.1 Å². The molecule has 0 fully saturated rings. The van der Waals surface area contributed by atoms with E-state index in [-0.39, 0.29) is 17.2 Å². The topological polar surface area (TPSA) is 59.7 Å². The summed E-state index contributed by atoms with van der Waals surface area (Å²) >= 11 is 5.93. The van der Waals surface area contributed by atoms with Crippen molar-refractivity contribution in [2.45, 2.75) is 13.5 Å². The van der Waals surface area contributed by atoms with Gasteiger partial charge in [0, 0.05) is 0 Å². The minimum absolute atomic E-state index is 0.126. The number of carboxylic acid groups (broad SMARTS) is 1. The predicted octanol–water partition coefficient (Wildman–Crippen LogP) is 3.52. The minimum Gasteiger partial charge on any atom is -0.484 e. The fourth-order valence-electron chi connectivity index (χ4n) is 1.46. The van der Waals surface area contributed by atoms with E-state index in [1.807, 2.05) is 19.1 Å². The predicted molar refractivity (Wildman–Crippen MR) is 66.2 cm³/mol. The van der Waals surface area contributed by atoms with E-state index >= 15 is 0 Å². The maximum Gasteiger partial charge on any atom is 0.335 e. The van der Waals surface area contributed by atoms with E-state index in [0.29, 0.717) is 11.5 Å². The summed E-state index contributed by atoms with van der Waals surface area (Å²) in [6, 6.07) is 7.98. The zero-order valence-electron chi connectivity index (χ0n) is 9.64. The quantitative estimate of drug-likeness (QED) is 0.920. The van der Waals surface area contributed by atoms with Crippen LogP contribution < -0.4 is 4.74 Å². The van der Waals surface area contributed by atoms with E-state index in [2.05, 4.69) is 0 Å². The zero-order valence-corrected chi connectivity index (χ0v) is 10.4. The molecule has 4 nitrogen and oxygen atoms in total. The maximum atomic E-state index is 10.7. The number of furan rings is 1. The average Bonchev–Trinajstić information content (AvgIpc) is 2.73. The van der Waals surface area contributed by atoms with Gasteiger partial charge in [-0.2, -0.15) is 0 Å². The Morgan fingerprint density at radius 2 is 2.17 bits per heavy atom. The van der Waals surface area contributed by atoms with Crippen molar-refractivity contribution >= 4 is 17.6 Å². The van der Waals surface area contributed by atoms with Crippen molar-refractivity contribution in [1.82, 2.24) is 0 Å². The van der Waals surface area contributed by atoms with Gasteiger partial charge in [0.15, 0.2) is 0 Å². The summed E-state index contributed by atoms with van der Waals surface area (Å²) in [5.74, 6) is 0.896. The van der Waals surface area contributed by atoms with E-state index < -0.39 is 5.97 Å². The summed E-state index contributed by atoms with van der Waals surface area (Å²) in [6.45, 7) is 2.10. The van der Waals surface area contributed by atoms with Crippen LogP contribution in [0.2, 0.25) is 5.02 Å². The summed E-state index contributed by atoms with van der Waals surface area (Å²) in [6.07, 6.45) is 0. The van der Waals surface area contributed by atoms with Gasteiger partial charge >= 0.3 is 5.97 Å². The Morgan fingerprint density at radius 1 is 1.39 bits per heavy atom. The summed E-state index contributed by atoms with van der Waals surface area (Å²) < 4.78 is 10.8. The number of ether oxygens (including phenoxy) is 1. The van der Waals surface area contributed by atoms with Crippen LogP contribution in [0.4, 0.5) is 0 Å². The fraction of sp³-hybridized carbons (Fsp3) is 0.154. The van der Waals surface area contributed by atoms with Crippen LogP contribution in [0.3, 0.4) is 0 Å². The second kappa shape index (κ2) is 5.14. The molecule has 1 aromatic carbocycles. The molecular weight excluding hydrogens is 256 g/mol. The third kappa shape index (κ3) is 2.84. The van der Waals surface area contributed by atoms with Crippen LogP contribution in [0.5, 0.6) is 5.75 Å². The third-order valence-corrected chi connectivity index (χ3v) is 2.64. The zero-order chi connectivity index (χ0) is 13.1. The van der Waals surface area contributed by atoms with E-state index in [4.69, 9.17) is 25.9 Å². The molecule has 94 valence electrons. The van der Waals surface area contributed by atoms with Crippen LogP contribution in [0.15, 0.2) is 34.7 Å². The standard InChI is InChI=1S/C13H11ClO4/c1-8-2-4-10(18-8)7-17-12-5-3-9(13(15)16)6-11(12)14/h2-6H,7H2,1H3,(H,15,16). The largest absolute Gasteiger partial charge is 0.484 e. The Morgan fingerprint density at radius 3 is 2.72 bits per heavy atom. The lowest BCUT2D eigenvalue weighted by Gasteiger charge is -2.06. The van der Waals surface area contributed by atoms with Crippen molar-refractivity contribution in [1.29, 1.82) is 0 Å². The Kier molecular flexibility index (Phi) is 3.58. The molecule has 5 heteroatoms. The molecule has 1 aromatic heterocycles. The smallest absolute Gasteiger partial charge is 0.335 e. The van der Waals surface area contributed by atoms with E-state index in [9.17, 15) is 4.79 Å². The highest BCUT2D eigenvalue weighted by Crippen LogP contribution is 2.26. The molecule has 1 heterocycles. The molecule has 0 saturated heterocycles. The van der Waals surface area contributed by atoms with E-state index in [1.165, 1.54) is 18.2 Å². The van der Waals surface area contributed by atoms with Crippen molar-refractivity contribution in [2.75, 3.05) is 0 Å². The summed E-state index contributed by atoms with van der Waals surface area (Å²) in [5, 5.41) is 9.06. The minimum atomic E-state index is -1.02. The fourth-order valence-corrected chi connectivity index (χ4v) is 1.70. The maximum absolute atomic E-state index is 10.7. The number of rotatable bonds is 4. The molecule has 0 aliphatic carbocycles. The SMILES string of the molecule is Cc1ccc(COc2ccc(C(=O)O)cc2Cl)o1. The average molecular weight is 267 g/mol. The molecule has 0 spiro atoms. The van der Waals surface area contributed by atoms with Crippen LogP contribution >= 0.6 is 11.6 Å². The summed E-state index contributed by atoms with van der Waals surface area (Å²) in [4.78, 5) is 10.7. The van der Waals surface area contributed by atoms with Gasteiger partial charge in [-0.05, 0) is 37.3 Å². The number of aromatic carboxylic acids is 1. The molecule has 18 heavy (non-hydrogen) atoms. The van der Waals surface area contributed by atoms with Gasteiger partial charge in [-0.25, -0.2) is 4.79 Å². The molecule has 0 radical (unpaired) electrons. The van der Waals surface area contributed by atoms with Crippen molar-refractivity contribution in [3.8, 4) is 5.75 Å². The molecule has 1 N–H and O–H groups in total. The molecular formula is C13H11ClO4. The second-order valence-electron chi connectivity index (χ2n) is 3.75. The second-order valence-corrected chi connectivity index (χ2v) is 4.16. The lowest BCUT2D eigenvalue weighted by atomic mass is 10.2. The first-order chi connectivity index (χ1) is 8.56. The number of carbonyl (C=O) groups is 1. The molecule has 0 atom stereocenters. The molecule has 0 unspecified atom stereocenters. The number of halogens is 1. The van der Waals surface area contributed by atoms with Crippen LogP contribution in [0, 0.1) is 6.92 Å². The van der Waals surface area contributed by atoms with E-state index in [0.717, 1.165) is 5.76 Å². The van der Waals surface area contributed by atoms with Gasteiger partial charge in [-0.1, -0.05) is 11.6 Å². The Labute approximate surface area is 109 Å². The highest BCUT2D eigenvalue weighted by molar-refractivity contribution is 6.32. The first kappa shape index (κ1) is 12.5. The molecule has 0 amide bonds. The van der Waals surface area contributed by atoms with E-state index in [1.54, 1.807) is 0 Å². The Bertz CT molecular complexity index is 574.